The van der Waals surface area contributed by atoms with Gasteiger partial charge in [0.2, 0.25) is 0 Å². The summed E-state index contributed by atoms with van der Waals surface area (Å²) in [6, 6.07) is 3.42. The fraction of sp³-hybridized carbons (Fsp3) is 0.588. The predicted molar refractivity (Wildman–Crippen MR) is 117 cm³/mol. The van der Waals surface area contributed by atoms with Crippen molar-refractivity contribution in [2.24, 2.45) is 4.99 Å². The topological polar surface area (TPSA) is 98.2 Å². The van der Waals surface area contributed by atoms with Gasteiger partial charge in [-0.25, -0.2) is 13.4 Å². The molecular weight excluding hydrogens is 485 g/mol. The Bertz CT molecular complexity index is 730. The van der Waals surface area contributed by atoms with Gasteiger partial charge in [0.25, 0.3) is 0 Å². The average molecular weight is 513 g/mol. The lowest BCUT2D eigenvalue weighted by molar-refractivity contribution is 0.369. The zero-order valence-corrected chi connectivity index (χ0v) is 19.2. The zero-order chi connectivity index (χ0) is 19.2. The second kappa shape index (κ2) is 10.8. The highest BCUT2D eigenvalue weighted by Gasteiger charge is 2.28. The van der Waals surface area contributed by atoms with Gasteiger partial charge in [-0.15, -0.1) is 24.0 Å². The van der Waals surface area contributed by atoms with Crippen LogP contribution in [-0.4, -0.2) is 59.8 Å². The van der Waals surface area contributed by atoms with E-state index in [4.69, 9.17) is 14.2 Å². The van der Waals surface area contributed by atoms with Gasteiger partial charge in [0, 0.05) is 24.7 Å². The van der Waals surface area contributed by atoms with Gasteiger partial charge < -0.3 is 24.8 Å². The fourth-order valence-corrected chi connectivity index (χ4v) is 4.49. The number of sulfone groups is 1. The van der Waals surface area contributed by atoms with E-state index < -0.39 is 9.84 Å². The van der Waals surface area contributed by atoms with Crippen LogP contribution in [0.4, 0.5) is 0 Å². The van der Waals surface area contributed by atoms with Crippen LogP contribution in [0.5, 0.6) is 17.2 Å². The van der Waals surface area contributed by atoms with Gasteiger partial charge in [0.05, 0.1) is 44.9 Å². The number of halogens is 1. The number of hydrogen-bond donors (Lipinski definition) is 2. The quantitative estimate of drug-likeness (QED) is 0.325. The molecule has 0 aromatic heterocycles. The molecule has 0 spiro atoms. The number of hydrogen-bond acceptors (Lipinski definition) is 6. The van der Waals surface area contributed by atoms with Gasteiger partial charge in [0.15, 0.2) is 15.8 Å². The second-order valence-electron chi connectivity index (χ2n) is 5.95. The molecule has 10 heteroatoms. The minimum atomic E-state index is -2.95. The van der Waals surface area contributed by atoms with Crippen molar-refractivity contribution in [1.82, 2.24) is 10.6 Å². The first-order valence-electron chi connectivity index (χ1n) is 8.46. The predicted octanol–water partition coefficient (Wildman–Crippen LogP) is 1.57. The van der Waals surface area contributed by atoms with Gasteiger partial charge in [-0.2, -0.15) is 0 Å². The number of methoxy groups -OCH3 is 3. The molecule has 1 aliphatic heterocycles. The van der Waals surface area contributed by atoms with Crippen LogP contribution >= 0.6 is 24.0 Å². The minimum absolute atomic E-state index is 0. The van der Waals surface area contributed by atoms with Crippen LogP contribution in [0.3, 0.4) is 0 Å². The highest BCUT2D eigenvalue weighted by atomic mass is 127. The Hall–Kier alpha value is -1.43. The summed E-state index contributed by atoms with van der Waals surface area (Å²) in [5, 5.41) is 6.34. The van der Waals surface area contributed by atoms with E-state index in [0.717, 1.165) is 5.56 Å². The third-order valence-corrected chi connectivity index (χ3v) is 5.90. The third-order valence-electron chi connectivity index (χ3n) is 4.13. The van der Waals surface area contributed by atoms with Gasteiger partial charge >= 0.3 is 0 Å². The number of benzene rings is 1. The van der Waals surface area contributed by atoms with Gasteiger partial charge in [-0.05, 0) is 13.3 Å². The van der Waals surface area contributed by atoms with Gasteiger partial charge in [0.1, 0.15) is 17.2 Å². The smallest absolute Gasteiger partial charge is 0.191 e. The van der Waals surface area contributed by atoms with E-state index >= 15 is 0 Å². The summed E-state index contributed by atoms with van der Waals surface area (Å²) < 4.78 is 39.4. The molecule has 8 nitrogen and oxygen atoms in total. The first-order valence-corrected chi connectivity index (χ1v) is 10.3. The summed E-state index contributed by atoms with van der Waals surface area (Å²) in [4.78, 5) is 4.57. The van der Waals surface area contributed by atoms with Crippen molar-refractivity contribution < 1.29 is 22.6 Å². The standard InChI is InChI=1S/C17H27N3O5S.HI/c1-5-18-17(20-12-6-7-26(21,22)11-12)19-10-14-15(24-3)8-13(23-2)9-16(14)25-4;/h8-9,12H,5-7,10-11H2,1-4H3,(H2,18,19,20);1H. The first-order chi connectivity index (χ1) is 12.4. The number of rotatable bonds is 7. The Kier molecular flexibility index (Phi) is 9.43. The van der Waals surface area contributed by atoms with E-state index in [-0.39, 0.29) is 41.5 Å². The Morgan fingerprint density at radius 1 is 1.19 bits per heavy atom. The first kappa shape index (κ1) is 23.6. The van der Waals surface area contributed by atoms with E-state index in [1.54, 1.807) is 33.5 Å². The zero-order valence-electron chi connectivity index (χ0n) is 16.1. The minimum Gasteiger partial charge on any atom is -0.496 e. The summed E-state index contributed by atoms with van der Waals surface area (Å²) >= 11 is 0. The lowest BCUT2D eigenvalue weighted by Crippen LogP contribution is -2.44. The van der Waals surface area contributed by atoms with Crippen molar-refractivity contribution in [2.75, 3.05) is 39.4 Å². The molecule has 0 aliphatic carbocycles. The monoisotopic (exact) mass is 513 g/mol. The van der Waals surface area contributed by atoms with Crippen LogP contribution in [0.15, 0.2) is 17.1 Å². The number of ether oxygens (including phenoxy) is 3. The van der Waals surface area contributed by atoms with E-state index in [1.165, 1.54) is 0 Å². The van der Waals surface area contributed by atoms with Crippen LogP contribution < -0.4 is 24.8 Å². The average Bonchev–Trinajstić information content (AvgIpc) is 2.97. The number of nitrogens with one attached hydrogen (secondary N) is 2. The Morgan fingerprint density at radius 3 is 2.26 bits per heavy atom. The molecule has 0 amide bonds. The molecule has 1 aliphatic rings. The molecule has 2 rings (SSSR count). The van der Waals surface area contributed by atoms with E-state index in [1.807, 2.05) is 6.92 Å². The molecule has 154 valence electrons. The molecule has 0 radical (unpaired) electrons. The van der Waals surface area contributed by atoms with Gasteiger partial charge in [-0.1, -0.05) is 0 Å². The summed E-state index contributed by atoms with van der Waals surface area (Å²) in [5.41, 5.74) is 0.784. The molecule has 1 heterocycles. The molecule has 1 aromatic rings. The van der Waals surface area contributed by atoms with Crippen LogP contribution in [0.2, 0.25) is 0 Å². The van der Waals surface area contributed by atoms with Crippen molar-refractivity contribution in [2.45, 2.75) is 25.9 Å². The molecule has 0 saturated carbocycles. The van der Waals surface area contributed by atoms with Gasteiger partial charge in [-0.3, -0.25) is 0 Å². The van der Waals surface area contributed by atoms with E-state index in [2.05, 4.69) is 15.6 Å². The SMILES string of the molecule is CCNC(=NCc1c(OC)cc(OC)cc1OC)NC1CCS(=O)(=O)C1.I. The summed E-state index contributed by atoms with van der Waals surface area (Å²) in [6.07, 6.45) is 0.585. The molecule has 1 atom stereocenters. The van der Waals surface area contributed by atoms with Crippen molar-refractivity contribution in [3.63, 3.8) is 0 Å². The summed E-state index contributed by atoms with van der Waals surface area (Å²) in [5.74, 6) is 2.77. The molecule has 1 unspecified atom stereocenters. The molecular formula is C17H28IN3O5S. The molecule has 27 heavy (non-hydrogen) atoms. The summed E-state index contributed by atoms with van der Waals surface area (Å²) in [6.45, 7) is 2.93. The van der Waals surface area contributed by atoms with Crippen LogP contribution in [0, 0.1) is 0 Å². The van der Waals surface area contributed by atoms with Crippen molar-refractivity contribution in [1.29, 1.82) is 0 Å². The summed E-state index contributed by atoms with van der Waals surface area (Å²) in [7, 11) is 1.78. The fourth-order valence-electron chi connectivity index (χ4n) is 2.81. The number of aliphatic imine (C=N–C) groups is 1. The second-order valence-corrected chi connectivity index (χ2v) is 8.18. The van der Waals surface area contributed by atoms with Crippen molar-refractivity contribution in [3.05, 3.63) is 17.7 Å². The van der Waals surface area contributed by atoms with E-state index in [9.17, 15) is 8.42 Å². The molecule has 1 aromatic carbocycles. The Morgan fingerprint density at radius 2 is 1.81 bits per heavy atom. The van der Waals surface area contributed by atoms with E-state index in [0.29, 0.717) is 42.7 Å². The molecule has 1 fully saturated rings. The van der Waals surface area contributed by atoms with Crippen LogP contribution in [0.1, 0.15) is 18.9 Å². The van der Waals surface area contributed by atoms with Crippen molar-refractivity contribution >= 4 is 39.8 Å². The molecule has 2 N–H and O–H groups in total. The largest absolute Gasteiger partial charge is 0.496 e. The number of nitrogens with zero attached hydrogens (tertiary/aromatic N) is 1. The lowest BCUT2D eigenvalue weighted by Gasteiger charge is -2.17. The maximum Gasteiger partial charge on any atom is 0.191 e. The Balaban J connectivity index is 0.00000364. The third kappa shape index (κ3) is 6.59. The normalized spacial score (nSPS) is 18.4. The highest BCUT2D eigenvalue weighted by Crippen LogP contribution is 2.34. The maximum absolute atomic E-state index is 11.6. The highest BCUT2D eigenvalue weighted by molar-refractivity contribution is 14.0. The van der Waals surface area contributed by atoms with Crippen molar-refractivity contribution in [3.8, 4) is 17.2 Å². The molecule has 0 bridgehead atoms. The maximum atomic E-state index is 11.6. The lowest BCUT2D eigenvalue weighted by atomic mass is 10.1. The van der Waals surface area contributed by atoms with Crippen LogP contribution in [0.25, 0.3) is 0 Å². The van der Waals surface area contributed by atoms with Crippen LogP contribution in [-0.2, 0) is 16.4 Å². The Labute approximate surface area is 178 Å². The number of guanidine groups is 1. The molecule has 1 saturated heterocycles.